The number of rotatable bonds is 2. The Morgan fingerprint density at radius 3 is 2.50 bits per heavy atom. The number of aromatic nitrogens is 4. The van der Waals surface area contributed by atoms with Crippen molar-refractivity contribution in [1.82, 2.24) is 19.9 Å². The second-order valence-corrected chi connectivity index (χ2v) is 7.22. The van der Waals surface area contributed by atoms with Gasteiger partial charge in [0.15, 0.2) is 5.16 Å². The fourth-order valence-corrected chi connectivity index (χ4v) is 2.86. The molecule has 0 saturated heterocycles. The van der Waals surface area contributed by atoms with E-state index in [9.17, 15) is 4.79 Å². The Bertz CT molecular complexity index is 694. The molecule has 0 spiro atoms. The maximum atomic E-state index is 11.4. The van der Waals surface area contributed by atoms with Gasteiger partial charge in [0.2, 0.25) is 0 Å². The highest BCUT2D eigenvalue weighted by Gasteiger charge is 2.19. The van der Waals surface area contributed by atoms with Crippen molar-refractivity contribution in [3.8, 4) is 0 Å². The Hall–Kier alpha value is -1.21. The number of halogens is 1. The van der Waals surface area contributed by atoms with Crippen LogP contribution >= 0.6 is 27.7 Å². The zero-order valence-corrected chi connectivity index (χ0v) is 14.1. The van der Waals surface area contributed by atoms with Crippen LogP contribution in [0, 0.1) is 6.92 Å². The van der Waals surface area contributed by atoms with Gasteiger partial charge in [0, 0.05) is 23.2 Å². The molecule has 0 saturated carbocycles. The number of aryl methyl sites for hydroxylation is 1. The lowest BCUT2D eigenvalue weighted by Gasteiger charge is -2.17. The van der Waals surface area contributed by atoms with Gasteiger partial charge < -0.3 is 4.98 Å². The second kappa shape index (κ2) is 5.65. The summed E-state index contributed by atoms with van der Waals surface area (Å²) < 4.78 is 0.718. The number of aromatic amines is 1. The Balaban J connectivity index is 2.38. The molecule has 0 aliphatic rings. The van der Waals surface area contributed by atoms with E-state index in [4.69, 9.17) is 0 Å². The largest absolute Gasteiger partial charge is 0.301 e. The summed E-state index contributed by atoms with van der Waals surface area (Å²) in [6, 6.07) is 3.27. The lowest BCUT2D eigenvalue weighted by molar-refractivity contribution is 0.536. The molecule has 2 heterocycles. The third kappa shape index (κ3) is 3.89. The molecular weight excluding hydrogens is 340 g/mol. The Kier molecular flexibility index (Phi) is 4.29. The van der Waals surface area contributed by atoms with Crippen molar-refractivity contribution >= 4 is 27.7 Å². The van der Waals surface area contributed by atoms with Crippen LogP contribution in [0.2, 0.25) is 0 Å². The van der Waals surface area contributed by atoms with Crippen LogP contribution in [0.5, 0.6) is 0 Å². The van der Waals surface area contributed by atoms with Crippen molar-refractivity contribution in [3.05, 3.63) is 38.6 Å². The zero-order valence-electron chi connectivity index (χ0n) is 11.7. The molecule has 0 aliphatic carbocycles. The topological polar surface area (TPSA) is 71.5 Å². The molecule has 7 heteroatoms. The van der Waals surface area contributed by atoms with E-state index < -0.39 is 0 Å². The SMILES string of the molecule is Cc1cc(=O)[nH]c(Sc2cc(Br)nc(C(C)(C)C)n2)n1. The van der Waals surface area contributed by atoms with Crippen molar-refractivity contribution in [2.24, 2.45) is 0 Å². The number of hydrogen-bond acceptors (Lipinski definition) is 5. The molecule has 0 unspecified atom stereocenters. The van der Waals surface area contributed by atoms with Gasteiger partial charge in [0.05, 0.1) is 0 Å². The number of nitrogens with one attached hydrogen (secondary N) is 1. The van der Waals surface area contributed by atoms with Crippen LogP contribution in [-0.4, -0.2) is 19.9 Å². The summed E-state index contributed by atoms with van der Waals surface area (Å²) in [6.45, 7) is 7.94. The number of nitrogens with zero attached hydrogens (tertiary/aromatic N) is 3. The Labute approximate surface area is 129 Å². The Morgan fingerprint density at radius 2 is 1.90 bits per heavy atom. The monoisotopic (exact) mass is 354 g/mol. The molecule has 5 nitrogen and oxygen atoms in total. The summed E-state index contributed by atoms with van der Waals surface area (Å²) in [7, 11) is 0. The lowest BCUT2D eigenvalue weighted by Crippen LogP contribution is -2.16. The first-order valence-corrected chi connectivity index (χ1v) is 7.66. The normalized spacial score (nSPS) is 11.7. The molecule has 20 heavy (non-hydrogen) atoms. The molecule has 0 bridgehead atoms. The van der Waals surface area contributed by atoms with E-state index in [1.807, 2.05) is 6.07 Å². The average molecular weight is 355 g/mol. The first-order valence-electron chi connectivity index (χ1n) is 6.05. The van der Waals surface area contributed by atoms with Gasteiger partial charge in [-0.3, -0.25) is 4.79 Å². The molecule has 1 N–H and O–H groups in total. The summed E-state index contributed by atoms with van der Waals surface area (Å²) in [5.74, 6) is 0.740. The van der Waals surface area contributed by atoms with Crippen LogP contribution in [-0.2, 0) is 5.41 Å². The highest BCUT2D eigenvalue weighted by molar-refractivity contribution is 9.10. The first kappa shape index (κ1) is 15.2. The third-order valence-electron chi connectivity index (χ3n) is 2.39. The lowest BCUT2D eigenvalue weighted by atomic mass is 9.96. The zero-order chi connectivity index (χ0) is 14.9. The van der Waals surface area contributed by atoms with Crippen molar-refractivity contribution in [1.29, 1.82) is 0 Å². The van der Waals surface area contributed by atoms with E-state index in [0.717, 1.165) is 15.5 Å². The van der Waals surface area contributed by atoms with Gasteiger partial charge in [-0.15, -0.1) is 0 Å². The van der Waals surface area contributed by atoms with E-state index >= 15 is 0 Å². The van der Waals surface area contributed by atoms with Gasteiger partial charge in [-0.05, 0) is 34.6 Å². The molecule has 0 aromatic carbocycles. The van der Waals surface area contributed by atoms with Gasteiger partial charge in [0.25, 0.3) is 5.56 Å². The van der Waals surface area contributed by atoms with Gasteiger partial charge in [0.1, 0.15) is 15.5 Å². The van der Waals surface area contributed by atoms with Gasteiger partial charge >= 0.3 is 0 Å². The van der Waals surface area contributed by atoms with Crippen molar-refractivity contribution in [3.63, 3.8) is 0 Å². The predicted molar refractivity (Wildman–Crippen MR) is 82.1 cm³/mol. The molecule has 0 fully saturated rings. The van der Waals surface area contributed by atoms with Crippen LogP contribution < -0.4 is 5.56 Å². The first-order chi connectivity index (χ1) is 9.24. The molecule has 2 aromatic rings. The summed E-state index contributed by atoms with van der Waals surface area (Å²) in [6.07, 6.45) is 0. The maximum Gasteiger partial charge on any atom is 0.251 e. The minimum Gasteiger partial charge on any atom is -0.301 e. The fraction of sp³-hybridized carbons (Fsp3) is 0.385. The molecule has 0 radical (unpaired) electrons. The quantitative estimate of drug-likeness (QED) is 0.662. The van der Waals surface area contributed by atoms with E-state index in [1.165, 1.54) is 17.8 Å². The van der Waals surface area contributed by atoms with Gasteiger partial charge in [-0.2, -0.15) is 0 Å². The molecule has 0 amide bonds. The van der Waals surface area contributed by atoms with Crippen molar-refractivity contribution in [2.75, 3.05) is 0 Å². The van der Waals surface area contributed by atoms with E-state index in [2.05, 4.69) is 56.6 Å². The minimum atomic E-state index is -0.163. The van der Waals surface area contributed by atoms with Gasteiger partial charge in [-0.1, -0.05) is 20.8 Å². The van der Waals surface area contributed by atoms with Crippen LogP contribution in [0.3, 0.4) is 0 Å². The van der Waals surface area contributed by atoms with Gasteiger partial charge in [-0.25, -0.2) is 15.0 Å². The highest BCUT2D eigenvalue weighted by atomic mass is 79.9. The van der Waals surface area contributed by atoms with E-state index in [-0.39, 0.29) is 11.0 Å². The molecule has 106 valence electrons. The highest BCUT2D eigenvalue weighted by Crippen LogP contribution is 2.27. The van der Waals surface area contributed by atoms with Crippen LogP contribution in [0.1, 0.15) is 32.3 Å². The summed E-state index contributed by atoms with van der Waals surface area (Å²) in [5.41, 5.74) is 0.372. The Morgan fingerprint density at radius 1 is 1.20 bits per heavy atom. The maximum absolute atomic E-state index is 11.4. The fourth-order valence-electron chi connectivity index (χ4n) is 1.48. The van der Waals surface area contributed by atoms with Crippen LogP contribution in [0.25, 0.3) is 0 Å². The summed E-state index contributed by atoms with van der Waals surface area (Å²) in [4.78, 5) is 27.3. The summed E-state index contributed by atoms with van der Waals surface area (Å²) in [5, 5.41) is 1.27. The summed E-state index contributed by atoms with van der Waals surface area (Å²) >= 11 is 4.70. The van der Waals surface area contributed by atoms with E-state index in [0.29, 0.717) is 10.9 Å². The molecule has 0 aliphatic heterocycles. The molecule has 0 atom stereocenters. The molecular formula is C13H15BrN4OS. The number of hydrogen-bond donors (Lipinski definition) is 1. The predicted octanol–water partition coefficient (Wildman–Crippen LogP) is 3.08. The molecule has 2 rings (SSSR count). The second-order valence-electron chi connectivity index (χ2n) is 5.40. The van der Waals surface area contributed by atoms with E-state index in [1.54, 1.807) is 6.92 Å². The number of H-pyrrole nitrogens is 1. The van der Waals surface area contributed by atoms with Crippen LogP contribution in [0.4, 0.5) is 0 Å². The molecule has 2 aromatic heterocycles. The van der Waals surface area contributed by atoms with Crippen molar-refractivity contribution in [2.45, 2.75) is 43.3 Å². The standard InChI is InChI=1S/C13H15BrN4OS/c1-7-5-9(19)17-12(15-7)20-10-6-8(14)16-11(18-10)13(2,3)4/h5-6H,1-4H3,(H,15,17,19). The smallest absolute Gasteiger partial charge is 0.251 e. The average Bonchev–Trinajstić information content (AvgIpc) is 2.25. The van der Waals surface area contributed by atoms with Crippen molar-refractivity contribution < 1.29 is 0 Å². The third-order valence-corrected chi connectivity index (χ3v) is 3.60. The van der Waals surface area contributed by atoms with Crippen LogP contribution in [0.15, 0.2) is 31.7 Å². The minimum absolute atomic E-state index is 0.146.